The highest BCUT2D eigenvalue weighted by Crippen LogP contribution is 2.28. The van der Waals surface area contributed by atoms with Gasteiger partial charge in [-0.15, -0.1) is 0 Å². The van der Waals surface area contributed by atoms with Gasteiger partial charge in [0.2, 0.25) is 0 Å². The summed E-state index contributed by atoms with van der Waals surface area (Å²) in [7, 11) is 0. The van der Waals surface area contributed by atoms with Crippen LogP contribution in [0.4, 0.5) is 0 Å². The van der Waals surface area contributed by atoms with Crippen molar-refractivity contribution in [1.82, 2.24) is 0 Å². The Hall–Kier alpha value is -0.910. The lowest BCUT2D eigenvalue weighted by atomic mass is 10.2. The van der Waals surface area contributed by atoms with Crippen LogP contribution in [0.25, 0.3) is 0 Å². The third-order valence-electron chi connectivity index (χ3n) is 2.15. The Morgan fingerprint density at radius 2 is 2.13 bits per heavy atom. The van der Waals surface area contributed by atoms with Crippen molar-refractivity contribution in [2.24, 2.45) is 0 Å². The van der Waals surface area contributed by atoms with Gasteiger partial charge in [0.05, 0.1) is 18.8 Å². The quantitative estimate of drug-likeness (QED) is 0.262. The summed E-state index contributed by atoms with van der Waals surface area (Å²) in [5.74, 6) is -0.492. The van der Waals surface area contributed by atoms with E-state index in [0.717, 1.165) is 0 Å². The molecule has 0 saturated carbocycles. The Kier molecular flexibility index (Phi) is 4.74. The Morgan fingerprint density at radius 1 is 1.40 bits per heavy atom. The Bertz CT molecular complexity index is 238. The van der Waals surface area contributed by atoms with E-state index in [2.05, 4.69) is 6.58 Å². The van der Waals surface area contributed by atoms with Crippen LogP contribution in [0, 0.1) is 0 Å². The van der Waals surface area contributed by atoms with Crippen molar-refractivity contribution in [3.05, 3.63) is 12.2 Å². The van der Waals surface area contributed by atoms with Gasteiger partial charge >= 0.3 is 5.97 Å². The van der Waals surface area contributed by atoms with Crippen molar-refractivity contribution in [2.45, 2.75) is 25.0 Å². The lowest BCUT2D eigenvalue weighted by Gasteiger charge is -2.04. The maximum atomic E-state index is 11.3. The molecule has 2 unspecified atom stereocenters. The summed E-state index contributed by atoms with van der Waals surface area (Å²) < 4.78 is 9.87. The van der Waals surface area contributed by atoms with Gasteiger partial charge in [0.25, 0.3) is 0 Å². The molecule has 0 aliphatic carbocycles. The predicted octanol–water partition coefficient (Wildman–Crippen LogP) is -0.382. The minimum absolute atomic E-state index is 0.0941. The number of hydrogen-bond acceptors (Lipinski definition) is 5. The number of carbonyl (C=O) groups is 1. The van der Waals surface area contributed by atoms with E-state index in [9.17, 15) is 4.79 Å². The molecule has 5 nitrogen and oxygen atoms in total. The molecule has 5 heteroatoms. The molecule has 1 aliphatic rings. The van der Waals surface area contributed by atoms with Gasteiger partial charge in [0, 0.05) is 6.61 Å². The number of aliphatic hydroxyl groups is 2. The third kappa shape index (κ3) is 3.62. The lowest BCUT2D eigenvalue weighted by Crippen LogP contribution is -2.14. The average molecular weight is 216 g/mol. The van der Waals surface area contributed by atoms with Crippen LogP contribution in [0.1, 0.15) is 12.8 Å². The summed E-state index contributed by atoms with van der Waals surface area (Å²) in [6, 6.07) is 0. The molecule has 1 saturated heterocycles. The third-order valence-corrected chi connectivity index (χ3v) is 2.15. The minimum atomic E-state index is -0.492. The van der Waals surface area contributed by atoms with E-state index in [1.165, 1.54) is 0 Å². The van der Waals surface area contributed by atoms with Crippen molar-refractivity contribution in [2.75, 3.05) is 19.8 Å². The molecule has 2 N–H and O–H groups in total. The van der Waals surface area contributed by atoms with Crippen molar-refractivity contribution in [3.63, 3.8) is 0 Å². The standard InChI is InChI=1S/C10H16O5/c1-7(9-8(6-12)15-9)10(13)14-5-3-2-4-11/h8-9,11-12H,1-6H2. The van der Waals surface area contributed by atoms with Crippen LogP contribution >= 0.6 is 0 Å². The number of rotatable bonds is 7. The summed E-state index contributed by atoms with van der Waals surface area (Å²) in [5.41, 5.74) is 0.248. The molecule has 0 spiro atoms. The van der Waals surface area contributed by atoms with E-state index in [-0.39, 0.29) is 37.6 Å². The predicted molar refractivity (Wildman–Crippen MR) is 52.2 cm³/mol. The SMILES string of the molecule is C=C(C(=O)OCCCCO)C1OC1CO. The number of esters is 1. The van der Waals surface area contributed by atoms with Gasteiger partial charge in [-0.1, -0.05) is 6.58 Å². The van der Waals surface area contributed by atoms with Crippen LogP contribution in [-0.2, 0) is 14.3 Å². The number of aliphatic hydroxyl groups excluding tert-OH is 2. The molecule has 1 heterocycles. The average Bonchev–Trinajstić information content (AvgIpc) is 3.02. The number of unbranched alkanes of at least 4 members (excludes halogenated alkanes) is 1. The smallest absolute Gasteiger partial charge is 0.336 e. The van der Waals surface area contributed by atoms with Crippen molar-refractivity contribution in [3.8, 4) is 0 Å². The number of epoxide rings is 1. The molecule has 0 radical (unpaired) electrons. The second kappa shape index (κ2) is 5.85. The maximum absolute atomic E-state index is 11.3. The first kappa shape index (κ1) is 12.2. The number of hydrogen-bond donors (Lipinski definition) is 2. The summed E-state index contributed by atoms with van der Waals surface area (Å²) >= 11 is 0. The van der Waals surface area contributed by atoms with E-state index in [4.69, 9.17) is 19.7 Å². The molecule has 0 amide bonds. The normalized spacial score (nSPS) is 23.6. The highest BCUT2D eigenvalue weighted by molar-refractivity contribution is 5.89. The fourth-order valence-corrected chi connectivity index (χ4v) is 1.18. The molecule has 0 aromatic carbocycles. The topological polar surface area (TPSA) is 79.3 Å². The number of ether oxygens (including phenoxy) is 2. The van der Waals surface area contributed by atoms with E-state index in [0.29, 0.717) is 12.8 Å². The van der Waals surface area contributed by atoms with Gasteiger partial charge in [0.15, 0.2) is 0 Å². The van der Waals surface area contributed by atoms with Gasteiger partial charge in [-0.05, 0) is 12.8 Å². The summed E-state index contributed by atoms with van der Waals surface area (Å²) in [4.78, 5) is 11.3. The minimum Gasteiger partial charge on any atom is -0.462 e. The van der Waals surface area contributed by atoms with Gasteiger partial charge in [-0.25, -0.2) is 4.79 Å². The van der Waals surface area contributed by atoms with Gasteiger partial charge in [-0.2, -0.15) is 0 Å². The second-order valence-electron chi connectivity index (χ2n) is 3.37. The van der Waals surface area contributed by atoms with Crippen LogP contribution in [0.5, 0.6) is 0 Å². The van der Waals surface area contributed by atoms with Gasteiger partial charge < -0.3 is 19.7 Å². The fourth-order valence-electron chi connectivity index (χ4n) is 1.18. The lowest BCUT2D eigenvalue weighted by molar-refractivity contribution is -0.139. The zero-order valence-corrected chi connectivity index (χ0v) is 8.52. The molecule has 15 heavy (non-hydrogen) atoms. The maximum Gasteiger partial charge on any atom is 0.336 e. The zero-order chi connectivity index (χ0) is 11.3. The summed E-state index contributed by atoms with van der Waals surface area (Å²) in [6.45, 7) is 3.81. The number of carbonyl (C=O) groups excluding carboxylic acids is 1. The van der Waals surface area contributed by atoms with Crippen LogP contribution in [0.2, 0.25) is 0 Å². The van der Waals surface area contributed by atoms with Gasteiger partial charge in [0.1, 0.15) is 12.2 Å². The van der Waals surface area contributed by atoms with E-state index in [1.54, 1.807) is 0 Å². The van der Waals surface area contributed by atoms with E-state index < -0.39 is 5.97 Å². The van der Waals surface area contributed by atoms with E-state index >= 15 is 0 Å². The molecular weight excluding hydrogens is 200 g/mol. The van der Waals surface area contributed by atoms with Crippen LogP contribution in [-0.4, -0.2) is 48.2 Å². The van der Waals surface area contributed by atoms with Crippen molar-refractivity contribution < 1.29 is 24.5 Å². The van der Waals surface area contributed by atoms with Crippen molar-refractivity contribution in [1.29, 1.82) is 0 Å². The molecule has 1 rings (SSSR count). The molecule has 0 aromatic heterocycles. The Labute approximate surface area is 88.3 Å². The molecule has 0 aromatic rings. The first-order valence-corrected chi connectivity index (χ1v) is 4.93. The van der Waals surface area contributed by atoms with Crippen LogP contribution in [0.15, 0.2) is 12.2 Å². The fraction of sp³-hybridized carbons (Fsp3) is 0.700. The van der Waals surface area contributed by atoms with Crippen LogP contribution in [0.3, 0.4) is 0 Å². The molecule has 86 valence electrons. The highest BCUT2D eigenvalue weighted by Gasteiger charge is 2.43. The van der Waals surface area contributed by atoms with Crippen molar-refractivity contribution >= 4 is 5.97 Å². The molecule has 1 aliphatic heterocycles. The summed E-state index contributed by atoms with van der Waals surface area (Å²) in [6.07, 6.45) is 0.548. The second-order valence-corrected chi connectivity index (χ2v) is 3.37. The molecular formula is C10H16O5. The highest BCUT2D eigenvalue weighted by atomic mass is 16.6. The Balaban J connectivity index is 2.14. The monoisotopic (exact) mass is 216 g/mol. The summed E-state index contributed by atoms with van der Waals surface area (Å²) in [5, 5.41) is 17.2. The largest absolute Gasteiger partial charge is 0.462 e. The molecule has 0 bridgehead atoms. The first-order valence-electron chi connectivity index (χ1n) is 4.93. The zero-order valence-electron chi connectivity index (χ0n) is 8.52. The van der Waals surface area contributed by atoms with Gasteiger partial charge in [-0.3, -0.25) is 0 Å². The first-order chi connectivity index (χ1) is 7.20. The molecule has 2 atom stereocenters. The Morgan fingerprint density at radius 3 is 2.67 bits per heavy atom. The van der Waals surface area contributed by atoms with E-state index in [1.807, 2.05) is 0 Å². The van der Waals surface area contributed by atoms with Crippen LogP contribution < -0.4 is 0 Å². The molecule has 1 fully saturated rings.